The summed E-state index contributed by atoms with van der Waals surface area (Å²) in [4.78, 5) is 32.2. The van der Waals surface area contributed by atoms with Crippen molar-refractivity contribution in [3.63, 3.8) is 0 Å². The first-order chi connectivity index (χ1) is 18.0. The van der Waals surface area contributed by atoms with E-state index in [0.29, 0.717) is 29.9 Å². The Morgan fingerprint density at radius 3 is 2.39 bits per heavy atom. The van der Waals surface area contributed by atoms with Gasteiger partial charge in [-0.1, -0.05) is 26.0 Å². The molecule has 2 amide bonds. The maximum atomic E-state index is 12.7. The second-order valence-corrected chi connectivity index (χ2v) is 8.82. The Morgan fingerprint density at radius 1 is 1.08 bits per heavy atom. The van der Waals surface area contributed by atoms with Gasteiger partial charge in [-0.15, -0.1) is 5.56 Å². The fraction of sp³-hybridized carbons (Fsp3) is 0.300. The second kappa shape index (κ2) is 17.3. The van der Waals surface area contributed by atoms with E-state index in [-0.39, 0.29) is 63.0 Å². The third-order valence-corrected chi connectivity index (χ3v) is 6.07. The number of hydrogen-bond donors (Lipinski definition) is 3. The first kappa shape index (κ1) is 31.9. The van der Waals surface area contributed by atoms with E-state index in [1.165, 1.54) is 19.3 Å². The van der Waals surface area contributed by atoms with Crippen molar-refractivity contribution in [2.45, 2.75) is 32.6 Å². The number of likely N-dealkylation sites (tertiary alicyclic amines) is 1. The Labute approximate surface area is 268 Å². The molecule has 0 aliphatic carbocycles. The van der Waals surface area contributed by atoms with Crippen LogP contribution >= 0.6 is 0 Å². The summed E-state index contributed by atoms with van der Waals surface area (Å²) in [7, 11) is 0. The molecule has 8 heteroatoms. The third kappa shape index (κ3) is 10.4. The van der Waals surface area contributed by atoms with Crippen LogP contribution in [-0.4, -0.2) is 48.6 Å². The minimum atomic E-state index is -0.441. The van der Waals surface area contributed by atoms with Gasteiger partial charge in [0.05, 0.1) is 5.70 Å². The molecule has 0 radical (unpaired) electrons. The Hall–Kier alpha value is -2.33. The van der Waals surface area contributed by atoms with Gasteiger partial charge in [0.2, 0.25) is 0 Å². The minimum absolute atomic E-state index is 0. The fourth-order valence-corrected chi connectivity index (χ4v) is 4.00. The predicted molar refractivity (Wildman–Crippen MR) is 151 cm³/mol. The number of piperidine rings is 1. The molecule has 0 atom stereocenters. The summed E-state index contributed by atoms with van der Waals surface area (Å²) >= 11 is 0. The summed E-state index contributed by atoms with van der Waals surface area (Å²) in [5.74, 6) is -0.568. The number of carbonyl (C=O) groups excluding carboxylic acids is 2. The Bertz CT molecular complexity index is 1150. The van der Waals surface area contributed by atoms with Crippen LogP contribution in [0.1, 0.15) is 48.5 Å². The molecule has 1 heterocycles. The standard InChI is InChI=1S/C30H36N5O2.K/c1-3-11-28(23-12-7-5-8-13-23)33-25(4-2)22-27(31)30(37)34-26-16-14-24(15-17-26)29(36)32-18-21-35-19-9-6-10-20-35;/h3,7-8,11-17,22H,1,4,6,9-10,18-21,31H2,2H3,(H,32,36)(H,34,37);/q-1;+1/b27-22-,28-11-,33-25-;. The van der Waals surface area contributed by atoms with Crippen molar-refractivity contribution in [3.05, 3.63) is 96.2 Å². The summed E-state index contributed by atoms with van der Waals surface area (Å²) in [5, 5.41) is 5.74. The molecular formula is C30H36KN5O2. The molecule has 1 aliphatic heterocycles. The van der Waals surface area contributed by atoms with Gasteiger partial charge >= 0.3 is 51.4 Å². The monoisotopic (exact) mass is 537 g/mol. The maximum Gasteiger partial charge on any atom is 1.00 e. The molecule has 2 aromatic rings. The van der Waals surface area contributed by atoms with Crippen molar-refractivity contribution < 1.29 is 61.0 Å². The van der Waals surface area contributed by atoms with Crippen LogP contribution in [0.15, 0.2) is 84.0 Å². The van der Waals surface area contributed by atoms with E-state index in [4.69, 9.17) is 5.73 Å². The maximum absolute atomic E-state index is 12.7. The number of nitrogens with zero attached hydrogens (tertiary/aromatic N) is 2. The van der Waals surface area contributed by atoms with Crippen molar-refractivity contribution in [2.24, 2.45) is 10.7 Å². The molecule has 38 heavy (non-hydrogen) atoms. The van der Waals surface area contributed by atoms with Gasteiger partial charge in [0, 0.05) is 35.7 Å². The molecule has 2 aromatic carbocycles. The van der Waals surface area contributed by atoms with E-state index in [1.54, 1.807) is 42.5 Å². The third-order valence-electron chi connectivity index (χ3n) is 6.07. The van der Waals surface area contributed by atoms with Gasteiger partial charge in [0.25, 0.3) is 11.8 Å². The predicted octanol–water partition coefficient (Wildman–Crippen LogP) is 1.57. The fourth-order valence-electron chi connectivity index (χ4n) is 4.00. The summed E-state index contributed by atoms with van der Waals surface area (Å²) in [5.41, 5.74) is 9.50. The largest absolute Gasteiger partial charge is 1.00 e. The number of amides is 2. The van der Waals surface area contributed by atoms with Crippen molar-refractivity contribution in [2.75, 3.05) is 31.5 Å². The van der Waals surface area contributed by atoms with Crippen LogP contribution in [0, 0.1) is 6.07 Å². The molecule has 0 aromatic heterocycles. The molecule has 1 aliphatic rings. The average molecular weight is 538 g/mol. The number of rotatable bonds is 11. The smallest absolute Gasteiger partial charge is 0.394 e. The normalized spacial score (nSPS) is 14.8. The summed E-state index contributed by atoms with van der Waals surface area (Å²) in [6.45, 7) is 9.40. The quantitative estimate of drug-likeness (QED) is 0.133. The van der Waals surface area contributed by atoms with E-state index in [9.17, 15) is 9.59 Å². The zero-order valence-electron chi connectivity index (χ0n) is 22.5. The van der Waals surface area contributed by atoms with Crippen molar-refractivity contribution >= 4 is 28.9 Å². The van der Waals surface area contributed by atoms with Crippen molar-refractivity contribution in [1.29, 1.82) is 0 Å². The topological polar surface area (TPSA) is 99.8 Å². The van der Waals surface area contributed by atoms with Gasteiger partial charge in [0.15, 0.2) is 0 Å². The Kier molecular flexibility index (Phi) is 14.5. The Morgan fingerprint density at radius 2 is 1.76 bits per heavy atom. The molecule has 0 spiro atoms. The second-order valence-electron chi connectivity index (χ2n) is 8.82. The van der Waals surface area contributed by atoms with Crippen LogP contribution < -0.4 is 67.8 Å². The molecule has 1 fully saturated rings. The van der Waals surface area contributed by atoms with Gasteiger partial charge in [0.1, 0.15) is 0 Å². The van der Waals surface area contributed by atoms with Crippen LogP contribution in [0.2, 0.25) is 0 Å². The SMILES string of the molecule is C=C\C=C(/N=C(\C=C(/N)C(=O)Nc1ccc(C(=O)NCCN2CCCCC2)cc1)CC)c1cc[c-]cc1.[K+]. The molecule has 1 saturated heterocycles. The molecule has 0 saturated carbocycles. The summed E-state index contributed by atoms with van der Waals surface area (Å²) < 4.78 is 0. The number of allylic oxidation sites excluding steroid dienone is 3. The van der Waals surface area contributed by atoms with Crippen LogP contribution in [0.4, 0.5) is 5.69 Å². The first-order valence-corrected chi connectivity index (χ1v) is 12.8. The van der Waals surface area contributed by atoms with Gasteiger partial charge in [-0.2, -0.15) is 30.3 Å². The molecular weight excluding hydrogens is 501 g/mol. The average Bonchev–Trinajstić information content (AvgIpc) is 2.93. The van der Waals surface area contributed by atoms with Crippen LogP contribution in [0.3, 0.4) is 0 Å². The Balaban J connectivity index is 0.00000507. The molecule has 3 rings (SSSR count). The van der Waals surface area contributed by atoms with E-state index >= 15 is 0 Å². The van der Waals surface area contributed by atoms with E-state index in [1.807, 2.05) is 31.2 Å². The van der Waals surface area contributed by atoms with Gasteiger partial charge in [-0.25, -0.2) is 0 Å². The van der Waals surface area contributed by atoms with Gasteiger partial charge < -0.3 is 21.3 Å². The van der Waals surface area contributed by atoms with E-state index < -0.39 is 5.91 Å². The number of nitrogens with one attached hydrogen (secondary N) is 2. The van der Waals surface area contributed by atoms with E-state index in [0.717, 1.165) is 30.9 Å². The molecule has 194 valence electrons. The number of hydrogen-bond acceptors (Lipinski definition) is 5. The number of carbonyl (C=O) groups is 2. The van der Waals surface area contributed by atoms with Crippen LogP contribution in [-0.2, 0) is 4.79 Å². The number of benzene rings is 2. The van der Waals surface area contributed by atoms with Gasteiger partial charge in [-0.3, -0.25) is 14.6 Å². The number of anilines is 1. The van der Waals surface area contributed by atoms with Crippen molar-refractivity contribution in [3.8, 4) is 0 Å². The number of nitrogens with two attached hydrogens (primary N) is 1. The van der Waals surface area contributed by atoms with Crippen LogP contribution in [0.5, 0.6) is 0 Å². The molecule has 4 N–H and O–H groups in total. The first-order valence-electron chi connectivity index (χ1n) is 12.8. The summed E-state index contributed by atoms with van der Waals surface area (Å²) in [6, 6.07) is 17.2. The summed E-state index contributed by atoms with van der Waals surface area (Å²) in [6.07, 6.45) is 9.39. The zero-order chi connectivity index (χ0) is 26.5. The van der Waals surface area contributed by atoms with E-state index in [2.05, 4.69) is 33.2 Å². The molecule has 0 bridgehead atoms. The zero-order valence-corrected chi connectivity index (χ0v) is 25.6. The van der Waals surface area contributed by atoms with Crippen LogP contribution in [0.25, 0.3) is 5.70 Å². The van der Waals surface area contributed by atoms with Crippen molar-refractivity contribution in [1.82, 2.24) is 10.2 Å². The molecule has 0 unspecified atom stereocenters. The minimum Gasteiger partial charge on any atom is -0.394 e. The number of aliphatic imine (C=N–C) groups is 1. The molecule has 7 nitrogen and oxygen atoms in total. The van der Waals surface area contributed by atoms with Gasteiger partial charge in [-0.05, 0) is 68.8 Å².